The number of nitrogens with one attached hydrogen (secondary N) is 2. The fraction of sp³-hybridized carbons (Fsp3) is 0.235. The molecule has 128 valence electrons. The van der Waals surface area contributed by atoms with Gasteiger partial charge in [-0.25, -0.2) is 12.8 Å². The van der Waals surface area contributed by atoms with Crippen molar-refractivity contribution in [3.8, 4) is 0 Å². The maximum Gasteiger partial charge on any atom is 0.251 e. The second-order valence-electron chi connectivity index (χ2n) is 5.65. The van der Waals surface area contributed by atoms with Crippen LogP contribution in [0.1, 0.15) is 34.5 Å². The van der Waals surface area contributed by atoms with E-state index in [2.05, 4.69) is 10.0 Å². The molecule has 0 aliphatic rings. The van der Waals surface area contributed by atoms with E-state index >= 15 is 0 Å². The molecule has 0 aliphatic heterocycles. The number of aryl methyl sites for hydroxylation is 1. The van der Waals surface area contributed by atoms with Crippen molar-refractivity contribution in [2.24, 2.45) is 0 Å². The summed E-state index contributed by atoms with van der Waals surface area (Å²) < 4.78 is 38.4. The van der Waals surface area contributed by atoms with E-state index in [0.717, 1.165) is 6.26 Å². The Morgan fingerprint density at radius 1 is 1.17 bits per heavy atom. The van der Waals surface area contributed by atoms with Crippen LogP contribution in [0, 0.1) is 12.7 Å². The van der Waals surface area contributed by atoms with Crippen LogP contribution in [-0.4, -0.2) is 20.6 Å². The molecule has 0 saturated heterocycles. The molecule has 2 rings (SSSR count). The lowest BCUT2D eigenvalue weighted by molar-refractivity contribution is 0.0940. The van der Waals surface area contributed by atoms with Crippen molar-refractivity contribution in [2.75, 3.05) is 11.0 Å². The molecule has 0 spiro atoms. The van der Waals surface area contributed by atoms with Crippen LogP contribution < -0.4 is 10.0 Å². The lowest BCUT2D eigenvalue weighted by Gasteiger charge is -2.15. The van der Waals surface area contributed by atoms with Crippen molar-refractivity contribution in [1.82, 2.24) is 5.32 Å². The van der Waals surface area contributed by atoms with Gasteiger partial charge in [0, 0.05) is 5.56 Å². The van der Waals surface area contributed by atoms with E-state index < -0.39 is 10.0 Å². The Labute approximate surface area is 141 Å². The second-order valence-corrected chi connectivity index (χ2v) is 7.40. The maximum absolute atomic E-state index is 13.3. The van der Waals surface area contributed by atoms with E-state index in [4.69, 9.17) is 0 Å². The molecule has 0 aliphatic carbocycles. The summed E-state index contributed by atoms with van der Waals surface area (Å²) in [6.07, 6.45) is 1.05. The first kappa shape index (κ1) is 17.9. The predicted molar refractivity (Wildman–Crippen MR) is 91.9 cm³/mol. The highest BCUT2D eigenvalue weighted by Crippen LogP contribution is 2.19. The van der Waals surface area contributed by atoms with Gasteiger partial charge < -0.3 is 5.32 Å². The van der Waals surface area contributed by atoms with Crippen molar-refractivity contribution in [3.63, 3.8) is 0 Å². The monoisotopic (exact) mass is 350 g/mol. The Morgan fingerprint density at radius 3 is 2.50 bits per heavy atom. The lowest BCUT2D eigenvalue weighted by Crippen LogP contribution is -2.27. The van der Waals surface area contributed by atoms with Crippen molar-refractivity contribution < 1.29 is 17.6 Å². The largest absolute Gasteiger partial charge is 0.346 e. The molecule has 0 unspecified atom stereocenters. The minimum atomic E-state index is -3.44. The van der Waals surface area contributed by atoms with E-state index in [0.29, 0.717) is 22.4 Å². The van der Waals surface area contributed by atoms with E-state index in [1.165, 1.54) is 18.2 Å². The number of benzene rings is 2. The van der Waals surface area contributed by atoms with Gasteiger partial charge in [-0.1, -0.05) is 18.2 Å². The summed E-state index contributed by atoms with van der Waals surface area (Å²) in [5, 5.41) is 2.77. The molecule has 0 fully saturated rings. The van der Waals surface area contributed by atoms with Crippen LogP contribution in [0.2, 0.25) is 0 Å². The van der Waals surface area contributed by atoms with Gasteiger partial charge in [-0.15, -0.1) is 0 Å². The molecule has 0 aromatic heterocycles. The Hall–Kier alpha value is -2.41. The second kappa shape index (κ2) is 7.00. The minimum Gasteiger partial charge on any atom is -0.346 e. The van der Waals surface area contributed by atoms with Crippen LogP contribution in [0.4, 0.5) is 10.1 Å². The third kappa shape index (κ3) is 4.79. The van der Waals surface area contributed by atoms with Crippen LogP contribution in [0.3, 0.4) is 0 Å². The number of carbonyl (C=O) groups excluding carboxylic acids is 1. The van der Waals surface area contributed by atoms with Crippen molar-refractivity contribution in [1.29, 1.82) is 0 Å². The highest BCUT2D eigenvalue weighted by Gasteiger charge is 2.14. The number of amides is 1. The molecule has 2 aromatic carbocycles. The van der Waals surface area contributed by atoms with E-state index in [1.807, 2.05) is 0 Å². The number of carbonyl (C=O) groups is 1. The number of hydrogen-bond acceptors (Lipinski definition) is 3. The zero-order chi connectivity index (χ0) is 17.9. The Morgan fingerprint density at radius 2 is 1.88 bits per heavy atom. The van der Waals surface area contributed by atoms with Crippen LogP contribution in [0.25, 0.3) is 0 Å². The van der Waals surface area contributed by atoms with Crippen molar-refractivity contribution in [2.45, 2.75) is 19.9 Å². The van der Waals surface area contributed by atoms with Crippen LogP contribution in [0.5, 0.6) is 0 Å². The fourth-order valence-corrected chi connectivity index (χ4v) is 2.83. The molecule has 0 saturated carbocycles. The zero-order valence-corrected chi connectivity index (χ0v) is 14.4. The summed E-state index contributed by atoms with van der Waals surface area (Å²) in [4.78, 5) is 12.4. The first-order valence-corrected chi connectivity index (χ1v) is 9.19. The molecule has 0 radical (unpaired) electrons. The number of halogens is 1. The number of anilines is 1. The van der Waals surface area contributed by atoms with Gasteiger partial charge in [0.15, 0.2) is 0 Å². The first-order valence-electron chi connectivity index (χ1n) is 7.30. The van der Waals surface area contributed by atoms with Crippen LogP contribution in [0.15, 0.2) is 42.5 Å². The summed E-state index contributed by atoms with van der Waals surface area (Å²) in [5.41, 5.74) is 2.01. The standard InChI is InChI=1S/C17H19FN2O3S/c1-11-7-8-14(10-16(11)20-24(3,22)23)17(21)19-12(2)13-5-4-6-15(18)9-13/h4-10,12,20H,1-3H3,(H,19,21)/t12-/m0/s1. The molecule has 1 amide bonds. The van der Waals surface area contributed by atoms with E-state index in [9.17, 15) is 17.6 Å². The Balaban J connectivity index is 2.19. The van der Waals surface area contributed by atoms with Gasteiger partial charge >= 0.3 is 0 Å². The molecule has 2 aromatic rings. The predicted octanol–water partition coefficient (Wildman–Crippen LogP) is 3.00. The van der Waals surface area contributed by atoms with Gasteiger partial charge in [-0.05, 0) is 49.2 Å². The van der Waals surface area contributed by atoms with Gasteiger partial charge in [0.2, 0.25) is 10.0 Å². The molecule has 0 bridgehead atoms. The van der Waals surface area contributed by atoms with Crippen molar-refractivity contribution in [3.05, 3.63) is 65.0 Å². The van der Waals surface area contributed by atoms with Gasteiger partial charge in [0.25, 0.3) is 5.91 Å². The summed E-state index contributed by atoms with van der Waals surface area (Å²) in [5.74, 6) is -0.744. The average Bonchev–Trinajstić information content (AvgIpc) is 2.48. The normalized spacial score (nSPS) is 12.5. The summed E-state index contributed by atoms with van der Waals surface area (Å²) in [6, 6.07) is 10.3. The molecule has 24 heavy (non-hydrogen) atoms. The third-order valence-electron chi connectivity index (χ3n) is 3.49. The van der Waals surface area contributed by atoms with Crippen molar-refractivity contribution >= 4 is 21.6 Å². The van der Waals surface area contributed by atoms with Gasteiger partial charge in [-0.2, -0.15) is 0 Å². The SMILES string of the molecule is Cc1ccc(C(=O)N[C@@H](C)c2cccc(F)c2)cc1NS(C)(=O)=O. The summed E-state index contributed by atoms with van der Waals surface area (Å²) in [7, 11) is -3.44. The average molecular weight is 350 g/mol. The number of hydrogen-bond donors (Lipinski definition) is 2. The topological polar surface area (TPSA) is 75.3 Å². The molecular weight excluding hydrogens is 331 g/mol. The molecule has 0 heterocycles. The van der Waals surface area contributed by atoms with E-state index in [1.54, 1.807) is 38.1 Å². The van der Waals surface area contributed by atoms with Gasteiger partial charge in [0.1, 0.15) is 5.82 Å². The highest BCUT2D eigenvalue weighted by molar-refractivity contribution is 7.92. The van der Waals surface area contributed by atoms with E-state index in [-0.39, 0.29) is 17.8 Å². The maximum atomic E-state index is 13.3. The smallest absolute Gasteiger partial charge is 0.251 e. The quantitative estimate of drug-likeness (QED) is 0.870. The highest BCUT2D eigenvalue weighted by atomic mass is 32.2. The number of rotatable bonds is 5. The van der Waals surface area contributed by atoms with Crippen LogP contribution >= 0.6 is 0 Å². The molecule has 1 atom stereocenters. The number of sulfonamides is 1. The Kier molecular flexibility index (Phi) is 5.23. The van der Waals surface area contributed by atoms with Gasteiger partial charge in [-0.3, -0.25) is 9.52 Å². The van der Waals surface area contributed by atoms with Gasteiger partial charge in [0.05, 0.1) is 18.0 Å². The summed E-state index contributed by atoms with van der Waals surface area (Å²) in [6.45, 7) is 3.49. The lowest BCUT2D eigenvalue weighted by atomic mass is 10.1. The third-order valence-corrected chi connectivity index (χ3v) is 4.08. The summed E-state index contributed by atoms with van der Waals surface area (Å²) >= 11 is 0. The molecule has 7 heteroatoms. The molecule has 5 nitrogen and oxygen atoms in total. The molecular formula is C17H19FN2O3S. The fourth-order valence-electron chi connectivity index (χ4n) is 2.21. The molecule has 2 N–H and O–H groups in total. The zero-order valence-electron chi connectivity index (χ0n) is 13.6. The first-order chi connectivity index (χ1) is 11.2. The Bertz CT molecular complexity index is 866. The van der Waals surface area contributed by atoms with Crippen LogP contribution in [-0.2, 0) is 10.0 Å². The minimum absolute atomic E-state index is 0.315.